The van der Waals surface area contributed by atoms with Crippen LogP contribution in [0.25, 0.3) is 11.4 Å². The summed E-state index contributed by atoms with van der Waals surface area (Å²) in [5.41, 5.74) is 2.41. The van der Waals surface area contributed by atoms with Crippen molar-refractivity contribution < 1.29 is 9.53 Å². The standard InChI is InChI=1S/C20H19ClN4O3/c1-11-7-16(17(28-3)9-15(11)21)24-18(26)8-14-12(2)23-19(25-20(14)27)13-5-4-6-22-10-13/h4-7,9-10H,8H2,1-3H3,(H,24,26)(H,23,25,27). The first-order valence-corrected chi connectivity index (χ1v) is 8.91. The van der Waals surface area contributed by atoms with Crippen molar-refractivity contribution >= 4 is 23.2 Å². The van der Waals surface area contributed by atoms with Gasteiger partial charge in [-0.1, -0.05) is 11.6 Å². The van der Waals surface area contributed by atoms with E-state index in [4.69, 9.17) is 16.3 Å². The number of aryl methyl sites for hydroxylation is 2. The van der Waals surface area contributed by atoms with E-state index in [2.05, 4.69) is 20.3 Å². The van der Waals surface area contributed by atoms with Gasteiger partial charge in [-0.2, -0.15) is 0 Å². The zero-order valence-electron chi connectivity index (χ0n) is 15.7. The van der Waals surface area contributed by atoms with E-state index in [-0.39, 0.29) is 17.9 Å². The van der Waals surface area contributed by atoms with Gasteiger partial charge in [-0.05, 0) is 37.6 Å². The molecule has 0 unspecified atom stereocenters. The predicted molar refractivity (Wildman–Crippen MR) is 108 cm³/mol. The number of aromatic nitrogens is 3. The van der Waals surface area contributed by atoms with Gasteiger partial charge < -0.3 is 15.0 Å². The quantitative estimate of drug-likeness (QED) is 0.687. The minimum atomic E-state index is -0.360. The topological polar surface area (TPSA) is 97.0 Å². The molecule has 3 aromatic rings. The van der Waals surface area contributed by atoms with Crippen LogP contribution in [0.3, 0.4) is 0 Å². The Morgan fingerprint density at radius 2 is 2.11 bits per heavy atom. The number of hydrogen-bond donors (Lipinski definition) is 2. The van der Waals surface area contributed by atoms with E-state index in [1.54, 1.807) is 43.6 Å². The second kappa shape index (κ2) is 8.22. The molecule has 28 heavy (non-hydrogen) atoms. The first-order valence-electron chi connectivity index (χ1n) is 8.53. The number of anilines is 1. The molecule has 0 radical (unpaired) electrons. The van der Waals surface area contributed by atoms with Gasteiger partial charge in [-0.25, -0.2) is 4.98 Å². The van der Waals surface area contributed by atoms with Crippen molar-refractivity contribution in [2.24, 2.45) is 0 Å². The fourth-order valence-corrected chi connectivity index (χ4v) is 2.90. The lowest BCUT2D eigenvalue weighted by Gasteiger charge is -2.13. The van der Waals surface area contributed by atoms with E-state index in [1.165, 1.54) is 7.11 Å². The van der Waals surface area contributed by atoms with E-state index < -0.39 is 0 Å². The lowest BCUT2D eigenvalue weighted by Crippen LogP contribution is -2.24. The fraction of sp³-hybridized carbons (Fsp3) is 0.200. The number of pyridine rings is 1. The average molecular weight is 399 g/mol. The van der Waals surface area contributed by atoms with E-state index >= 15 is 0 Å². The number of carbonyl (C=O) groups excluding carboxylic acids is 1. The number of ether oxygens (including phenoxy) is 1. The number of benzene rings is 1. The van der Waals surface area contributed by atoms with E-state index in [0.717, 1.165) is 5.56 Å². The van der Waals surface area contributed by atoms with Crippen LogP contribution in [-0.4, -0.2) is 28.0 Å². The Balaban J connectivity index is 1.83. The number of nitrogens with one attached hydrogen (secondary N) is 2. The van der Waals surface area contributed by atoms with Crippen LogP contribution in [0.4, 0.5) is 5.69 Å². The van der Waals surface area contributed by atoms with Crippen LogP contribution in [0.5, 0.6) is 5.75 Å². The number of hydrogen-bond acceptors (Lipinski definition) is 5. The van der Waals surface area contributed by atoms with Crippen LogP contribution in [0.15, 0.2) is 41.5 Å². The van der Waals surface area contributed by atoms with Crippen molar-refractivity contribution in [3.8, 4) is 17.1 Å². The molecule has 8 heteroatoms. The van der Waals surface area contributed by atoms with Crippen molar-refractivity contribution in [3.63, 3.8) is 0 Å². The molecule has 0 fully saturated rings. The summed E-state index contributed by atoms with van der Waals surface area (Å²) in [6.45, 7) is 3.53. The molecule has 0 atom stereocenters. The van der Waals surface area contributed by atoms with Crippen molar-refractivity contribution in [3.05, 3.63) is 68.9 Å². The predicted octanol–water partition coefficient (Wildman–Crippen LogP) is 3.29. The molecule has 2 N–H and O–H groups in total. The van der Waals surface area contributed by atoms with Gasteiger partial charge in [0.1, 0.15) is 11.6 Å². The summed E-state index contributed by atoms with van der Waals surface area (Å²) in [6.07, 6.45) is 3.13. The number of rotatable bonds is 5. The lowest BCUT2D eigenvalue weighted by atomic mass is 10.1. The molecule has 0 aliphatic carbocycles. The maximum atomic E-state index is 12.5. The smallest absolute Gasteiger partial charge is 0.255 e. The van der Waals surface area contributed by atoms with Crippen LogP contribution in [-0.2, 0) is 11.2 Å². The minimum Gasteiger partial charge on any atom is -0.495 e. The zero-order valence-corrected chi connectivity index (χ0v) is 16.4. The van der Waals surface area contributed by atoms with Gasteiger partial charge in [0.05, 0.1) is 19.2 Å². The normalized spacial score (nSPS) is 10.6. The Morgan fingerprint density at radius 1 is 1.32 bits per heavy atom. The van der Waals surface area contributed by atoms with Crippen LogP contribution in [0.2, 0.25) is 5.02 Å². The molecule has 7 nitrogen and oxygen atoms in total. The van der Waals surface area contributed by atoms with Gasteiger partial charge in [-0.15, -0.1) is 0 Å². The Kier molecular flexibility index (Phi) is 5.75. The SMILES string of the molecule is COc1cc(Cl)c(C)cc1NC(=O)Cc1c(C)nc(-c2cccnc2)[nH]c1=O. The monoisotopic (exact) mass is 398 g/mol. The minimum absolute atomic E-state index is 0.119. The highest BCUT2D eigenvalue weighted by atomic mass is 35.5. The Bertz CT molecular complexity index is 1080. The van der Waals surface area contributed by atoms with Gasteiger partial charge in [0, 0.05) is 40.3 Å². The number of H-pyrrole nitrogens is 1. The average Bonchev–Trinajstić information content (AvgIpc) is 2.68. The molecule has 0 saturated carbocycles. The van der Waals surface area contributed by atoms with Crippen LogP contribution < -0.4 is 15.6 Å². The number of methoxy groups -OCH3 is 1. The van der Waals surface area contributed by atoms with E-state index in [1.807, 2.05) is 6.92 Å². The highest BCUT2D eigenvalue weighted by Gasteiger charge is 2.16. The molecule has 0 saturated heterocycles. The fourth-order valence-electron chi connectivity index (χ4n) is 2.74. The molecular formula is C20H19ClN4O3. The molecule has 0 spiro atoms. The maximum Gasteiger partial charge on any atom is 0.255 e. The molecule has 3 rings (SSSR count). The van der Waals surface area contributed by atoms with Crippen molar-refractivity contribution in [2.75, 3.05) is 12.4 Å². The summed E-state index contributed by atoms with van der Waals surface area (Å²) in [5, 5.41) is 3.30. The van der Waals surface area contributed by atoms with Gasteiger partial charge in [0.15, 0.2) is 0 Å². The molecule has 2 heterocycles. The molecule has 0 aliphatic rings. The van der Waals surface area contributed by atoms with Gasteiger partial charge in [0.2, 0.25) is 5.91 Å². The number of halogens is 1. The molecule has 1 aromatic carbocycles. The van der Waals surface area contributed by atoms with Crippen LogP contribution in [0, 0.1) is 13.8 Å². The first kappa shape index (κ1) is 19.6. The van der Waals surface area contributed by atoms with E-state index in [0.29, 0.717) is 39.1 Å². The summed E-state index contributed by atoms with van der Waals surface area (Å²) >= 11 is 6.09. The van der Waals surface area contributed by atoms with Gasteiger partial charge in [-0.3, -0.25) is 14.6 Å². The van der Waals surface area contributed by atoms with Gasteiger partial charge >= 0.3 is 0 Å². The Morgan fingerprint density at radius 3 is 2.75 bits per heavy atom. The maximum absolute atomic E-state index is 12.5. The lowest BCUT2D eigenvalue weighted by molar-refractivity contribution is -0.115. The summed E-state index contributed by atoms with van der Waals surface area (Å²) in [6, 6.07) is 6.91. The van der Waals surface area contributed by atoms with Crippen molar-refractivity contribution in [2.45, 2.75) is 20.3 Å². The van der Waals surface area contributed by atoms with E-state index in [9.17, 15) is 9.59 Å². The highest BCUT2D eigenvalue weighted by Crippen LogP contribution is 2.31. The van der Waals surface area contributed by atoms with Crippen molar-refractivity contribution in [1.29, 1.82) is 0 Å². The third-order valence-electron chi connectivity index (χ3n) is 4.25. The van der Waals surface area contributed by atoms with Crippen LogP contribution >= 0.6 is 11.6 Å². The first-order chi connectivity index (χ1) is 13.4. The zero-order chi connectivity index (χ0) is 20.3. The van der Waals surface area contributed by atoms with Crippen molar-refractivity contribution in [1.82, 2.24) is 15.0 Å². The van der Waals surface area contributed by atoms with Gasteiger partial charge in [0.25, 0.3) is 5.56 Å². The summed E-state index contributed by atoms with van der Waals surface area (Å²) in [4.78, 5) is 36.2. The molecule has 0 aliphatic heterocycles. The number of amides is 1. The van der Waals surface area contributed by atoms with Crippen LogP contribution in [0.1, 0.15) is 16.8 Å². The summed E-state index contributed by atoms with van der Waals surface area (Å²) < 4.78 is 5.26. The second-order valence-corrected chi connectivity index (χ2v) is 6.65. The molecule has 144 valence electrons. The second-order valence-electron chi connectivity index (χ2n) is 6.25. The number of nitrogens with zero attached hydrogens (tertiary/aromatic N) is 2. The molecule has 1 amide bonds. The third-order valence-corrected chi connectivity index (χ3v) is 4.66. The largest absolute Gasteiger partial charge is 0.495 e. The third kappa shape index (κ3) is 4.20. The summed E-state index contributed by atoms with van der Waals surface area (Å²) in [5.74, 6) is 0.499. The molecule has 2 aromatic heterocycles. The highest BCUT2D eigenvalue weighted by molar-refractivity contribution is 6.31. The Hall–Kier alpha value is -3.19. The number of aromatic amines is 1. The summed E-state index contributed by atoms with van der Waals surface area (Å²) in [7, 11) is 1.49. The molecule has 0 bridgehead atoms. The molecular weight excluding hydrogens is 380 g/mol. The number of carbonyl (C=O) groups is 1. The Labute approximate surface area is 166 Å².